The highest BCUT2D eigenvalue weighted by Gasteiger charge is 2.28. The van der Waals surface area contributed by atoms with Gasteiger partial charge < -0.3 is 10.2 Å². The van der Waals surface area contributed by atoms with Crippen molar-refractivity contribution in [3.63, 3.8) is 0 Å². The number of benzene rings is 1. The molecule has 2 aromatic rings. The number of piperazine rings is 1. The minimum Gasteiger partial charge on any atom is -0.329 e. The average molecular weight is 430 g/mol. The first kappa shape index (κ1) is 17.2. The van der Waals surface area contributed by atoms with E-state index in [2.05, 4.69) is 32.9 Å². The molecule has 0 radical (unpaired) electrons. The number of amides is 1. The van der Waals surface area contributed by atoms with E-state index >= 15 is 0 Å². The van der Waals surface area contributed by atoms with Gasteiger partial charge in [-0.05, 0) is 52.4 Å². The summed E-state index contributed by atoms with van der Waals surface area (Å²) in [6.45, 7) is 2.30. The number of pyridine rings is 1. The van der Waals surface area contributed by atoms with Crippen LogP contribution in [0.25, 0.3) is 0 Å². The van der Waals surface area contributed by atoms with Crippen molar-refractivity contribution < 1.29 is 4.79 Å². The standard InChI is InChI=1S/C16H16IN3O.ClH/c17-14-5-1-3-12(9-14)16(21)20-8-7-19-11-15(20)13-4-2-6-18-10-13;/h1-6,9-10,15,19H,7-8,11H2;1H. The lowest BCUT2D eigenvalue weighted by molar-refractivity contribution is 0.0634. The van der Waals surface area contributed by atoms with E-state index in [1.807, 2.05) is 47.5 Å². The van der Waals surface area contributed by atoms with Crippen molar-refractivity contribution in [2.24, 2.45) is 0 Å². The average Bonchev–Trinajstić information content (AvgIpc) is 2.55. The first-order chi connectivity index (χ1) is 10.3. The highest BCUT2D eigenvalue weighted by atomic mass is 127. The highest BCUT2D eigenvalue weighted by Crippen LogP contribution is 2.24. The van der Waals surface area contributed by atoms with Gasteiger partial charge in [-0.15, -0.1) is 12.4 Å². The maximum absolute atomic E-state index is 12.8. The normalized spacial score (nSPS) is 17.7. The van der Waals surface area contributed by atoms with Gasteiger partial charge in [0, 0.05) is 41.2 Å². The van der Waals surface area contributed by atoms with Gasteiger partial charge in [0.05, 0.1) is 6.04 Å². The number of carbonyl (C=O) groups is 1. The van der Waals surface area contributed by atoms with E-state index in [0.717, 1.165) is 27.8 Å². The molecule has 1 amide bonds. The van der Waals surface area contributed by atoms with Crippen LogP contribution in [0.1, 0.15) is 22.0 Å². The van der Waals surface area contributed by atoms with Crippen molar-refractivity contribution in [2.75, 3.05) is 19.6 Å². The van der Waals surface area contributed by atoms with Gasteiger partial charge in [-0.2, -0.15) is 0 Å². The van der Waals surface area contributed by atoms with Crippen LogP contribution in [0.5, 0.6) is 0 Å². The number of rotatable bonds is 2. The molecule has 1 fully saturated rings. The summed E-state index contributed by atoms with van der Waals surface area (Å²) in [5, 5.41) is 3.36. The zero-order chi connectivity index (χ0) is 14.7. The second-order valence-electron chi connectivity index (χ2n) is 5.02. The van der Waals surface area contributed by atoms with E-state index in [0.29, 0.717) is 6.54 Å². The third kappa shape index (κ3) is 3.77. The van der Waals surface area contributed by atoms with Crippen LogP contribution in [-0.2, 0) is 0 Å². The van der Waals surface area contributed by atoms with Crippen LogP contribution in [0.15, 0.2) is 48.8 Å². The van der Waals surface area contributed by atoms with Crippen LogP contribution in [0.3, 0.4) is 0 Å². The van der Waals surface area contributed by atoms with Crippen molar-refractivity contribution in [3.8, 4) is 0 Å². The van der Waals surface area contributed by atoms with Crippen molar-refractivity contribution in [1.29, 1.82) is 0 Å². The molecule has 1 aliphatic rings. The number of halogens is 2. The topological polar surface area (TPSA) is 45.2 Å². The van der Waals surface area contributed by atoms with Gasteiger partial charge in [-0.25, -0.2) is 0 Å². The van der Waals surface area contributed by atoms with Crippen LogP contribution in [-0.4, -0.2) is 35.4 Å². The molecule has 1 aromatic heterocycles. The van der Waals surface area contributed by atoms with E-state index in [1.165, 1.54) is 0 Å². The van der Waals surface area contributed by atoms with Gasteiger partial charge in [0.1, 0.15) is 0 Å². The smallest absolute Gasteiger partial charge is 0.254 e. The minimum absolute atomic E-state index is 0. The fourth-order valence-electron chi connectivity index (χ4n) is 2.61. The molecular formula is C16H17ClIN3O. The lowest BCUT2D eigenvalue weighted by Gasteiger charge is -2.36. The Morgan fingerprint density at radius 2 is 2.18 bits per heavy atom. The SMILES string of the molecule is Cl.O=C(c1cccc(I)c1)N1CCNCC1c1cccnc1. The summed E-state index contributed by atoms with van der Waals surface area (Å²) >= 11 is 2.23. The first-order valence-corrected chi connectivity index (χ1v) is 8.01. The van der Waals surface area contributed by atoms with Crippen molar-refractivity contribution in [3.05, 3.63) is 63.5 Å². The Kier molecular flexibility index (Phi) is 6.16. The molecule has 4 nitrogen and oxygen atoms in total. The van der Waals surface area contributed by atoms with Gasteiger partial charge in [-0.3, -0.25) is 9.78 Å². The van der Waals surface area contributed by atoms with E-state index in [4.69, 9.17) is 0 Å². The van der Waals surface area contributed by atoms with Gasteiger partial charge in [0.2, 0.25) is 0 Å². The van der Waals surface area contributed by atoms with Gasteiger partial charge in [0.15, 0.2) is 0 Å². The van der Waals surface area contributed by atoms with E-state index in [9.17, 15) is 4.79 Å². The van der Waals surface area contributed by atoms with Crippen LogP contribution < -0.4 is 5.32 Å². The highest BCUT2D eigenvalue weighted by molar-refractivity contribution is 14.1. The molecule has 1 atom stereocenters. The van der Waals surface area contributed by atoms with Crippen molar-refractivity contribution in [2.45, 2.75) is 6.04 Å². The lowest BCUT2D eigenvalue weighted by Crippen LogP contribution is -2.48. The molecule has 0 spiro atoms. The van der Waals surface area contributed by atoms with E-state index in [1.54, 1.807) is 6.20 Å². The molecule has 0 bridgehead atoms. The molecule has 0 aliphatic carbocycles. The molecule has 116 valence electrons. The van der Waals surface area contributed by atoms with Gasteiger partial charge >= 0.3 is 0 Å². The lowest BCUT2D eigenvalue weighted by atomic mass is 10.0. The van der Waals surface area contributed by atoms with Gasteiger partial charge in [-0.1, -0.05) is 12.1 Å². The predicted molar refractivity (Wildman–Crippen MR) is 97.3 cm³/mol. The van der Waals surface area contributed by atoms with Crippen LogP contribution >= 0.6 is 35.0 Å². The van der Waals surface area contributed by atoms with Crippen molar-refractivity contribution in [1.82, 2.24) is 15.2 Å². The molecular weight excluding hydrogens is 413 g/mol. The Labute approximate surface area is 149 Å². The minimum atomic E-state index is 0. The second-order valence-corrected chi connectivity index (χ2v) is 6.26. The van der Waals surface area contributed by atoms with Crippen molar-refractivity contribution >= 4 is 40.9 Å². The third-order valence-corrected chi connectivity index (χ3v) is 4.32. The number of hydrogen-bond donors (Lipinski definition) is 1. The molecule has 1 aliphatic heterocycles. The first-order valence-electron chi connectivity index (χ1n) is 6.93. The summed E-state index contributed by atoms with van der Waals surface area (Å²) in [7, 11) is 0. The second kappa shape index (κ2) is 7.89. The largest absolute Gasteiger partial charge is 0.329 e. The number of carbonyl (C=O) groups excluding carboxylic acids is 1. The summed E-state index contributed by atoms with van der Waals surface area (Å²) in [4.78, 5) is 18.9. The number of hydrogen-bond acceptors (Lipinski definition) is 3. The molecule has 6 heteroatoms. The Morgan fingerprint density at radius 3 is 2.91 bits per heavy atom. The summed E-state index contributed by atoms with van der Waals surface area (Å²) < 4.78 is 1.08. The van der Waals surface area contributed by atoms with Crippen LogP contribution in [0.4, 0.5) is 0 Å². The van der Waals surface area contributed by atoms with E-state index < -0.39 is 0 Å². The quantitative estimate of drug-likeness (QED) is 0.747. The third-order valence-electron chi connectivity index (χ3n) is 3.65. The Balaban J connectivity index is 0.00000176. The van der Waals surface area contributed by atoms with Crippen LogP contribution in [0, 0.1) is 3.57 Å². The Hall–Kier alpha value is -1.18. The Morgan fingerprint density at radius 1 is 1.32 bits per heavy atom. The number of nitrogens with one attached hydrogen (secondary N) is 1. The monoisotopic (exact) mass is 429 g/mol. The summed E-state index contributed by atoms with van der Waals surface area (Å²) in [5.41, 5.74) is 1.82. The summed E-state index contributed by atoms with van der Waals surface area (Å²) in [6, 6.07) is 11.7. The van der Waals surface area contributed by atoms with Gasteiger partial charge in [0.25, 0.3) is 5.91 Å². The molecule has 1 N–H and O–H groups in total. The molecule has 0 saturated carbocycles. The molecule has 1 unspecified atom stereocenters. The maximum atomic E-state index is 12.8. The number of nitrogens with zero attached hydrogens (tertiary/aromatic N) is 2. The van der Waals surface area contributed by atoms with E-state index in [-0.39, 0.29) is 24.4 Å². The zero-order valence-electron chi connectivity index (χ0n) is 11.9. The number of aromatic nitrogens is 1. The molecule has 1 aromatic carbocycles. The summed E-state index contributed by atoms with van der Waals surface area (Å²) in [5.74, 6) is 0.0869. The molecule has 2 heterocycles. The summed E-state index contributed by atoms with van der Waals surface area (Å²) in [6.07, 6.45) is 3.60. The predicted octanol–water partition coefficient (Wildman–Crippen LogP) is 2.89. The fraction of sp³-hybridized carbons (Fsp3) is 0.250. The molecule has 1 saturated heterocycles. The maximum Gasteiger partial charge on any atom is 0.254 e. The fourth-order valence-corrected chi connectivity index (χ4v) is 3.15. The van der Waals surface area contributed by atoms with Crippen LogP contribution in [0.2, 0.25) is 0 Å². The zero-order valence-corrected chi connectivity index (χ0v) is 14.9. The Bertz CT molecular complexity index is 638. The molecule has 3 rings (SSSR count). The molecule has 22 heavy (non-hydrogen) atoms.